The highest BCUT2D eigenvalue weighted by molar-refractivity contribution is 7.99. The van der Waals surface area contributed by atoms with Gasteiger partial charge >= 0.3 is 0 Å². The monoisotopic (exact) mass is 443 g/mol. The molecule has 30 heavy (non-hydrogen) atoms. The van der Waals surface area contributed by atoms with Crippen LogP contribution in [0.15, 0.2) is 30.3 Å². The number of nitrogens with zero attached hydrogens (tertiary/aromatic N) is 3. The normalized spacial score (nSPS) is 19.4. The van der Waals surface area contributed by atoms with E-state index in [1.807, 2.05) is 11.8 Å². The summed E-state index contributed by atoms with van der Waals surface area (Å²) >= 11 is 5.97. The van der Waals surface area contributed by atoms with Crippen LogP contribution in [0.25, 0.3) is 11.4 Å². The van der Waals surface area contributed by atoms with E-state index in [-0.39, 0.29) is 4.75 Å². The minimum atomic E-state index is 0.187. The highest BCUT2D eigenvalue weighted by Gasteiger charge is 2.45. The Bertz CT molecular complexity index is 862. The predicted octanol–water partition coefficient (Wildman–Crippen LogP) is 3.81. The van der Waals surface area contributed by atoms with Gasteiger partial charge in [-0.05, 0) is 56.2 Å². The number of nitrogens with one attached hydrogen (secondary N) is 1. The predicted molar refractivity (Wildman–Crippen MR) is 129 cm³/mol. The number of benzene rings is 1. The maximum Gasteiger partial charge on any atom is 0.161 e. The lowest BCUT2D eigenvalue weighted by Crippen LogP contribution is -2.37. The van der Waals surface area contributed by atoms with Crippen LogP contribution in [-0.2, 0) is 9.48 Å². The van der Waals surface area contributed by atoms with Crippen LogP contribution in [0.4, 0.5) is 11.5 Å². The molecule has 1 saturated heterocycles. The summed E-state index contributed by atoms with van der Waals surface area (Å²) in [6.45, 7) is 3.33. The minimum Gasteiger partial charge on any atom is -0.396 e. The third-order valence-electron chi connectivity index (χ3n) is 5.70. The topological polar surface area (TPSA) is 76.3 Å². The van der Waals surface area contributed by atoms with Gasteiger partial charge in [-0.2, -0.15) is 11.8 Å². The molecule has 2 saturated carbocycles. The van der Waals surface area contributed by atoms with Crippen LogP contribution in [0, 0.1) is 0 Å². The van der Waals surface area contributed by atoms with Gasteiger partial charge in [0.1, 0.15) is 5.82 Å². The molecular formula is C22H29N5OS2. The zero-order valence-electron chi connectivity index (χ0n) is 17.3. The zero-order chi connectivity index (χ0) is 21.0. The van der Waals surface area contributed by atoms with Crippen molar-refractivity contribution in [1.29, 1.82) is 0 Å². The standard InChI is InChI=1S/C21H26N4OS.CH3NS/c1-27-21(8-9-21)18-14-19(25-10-12-26-13-11-25)24-20(23-18)15-2-4-16(5-3-15)22-17-6-7-17;2-1-3/h2-5,14,17,22H,6-13H2,1H3;1H,(H2,2,3). The molecule has 5 rings (SSSR count). The van der Waals surface area contributed by atoms with Gasteiger partial charge in [-0.25, -0.2) is 9.97 Å². The number of ether oxygens (including phenoxy) is 1. The Morgan fingerprint density at radius 2 is 1.87 bits per heavy atom. The zero-order valence-corrected chi connectivity index (χ0v) is 19.0. The molecule has 1 aromatic heterocycles. The molecule has 0 bridgehead atoms. The Labute approximate surface area is 188 Å². The second kappa shape index (κ2) is 9.49. The van der Waals surface area contributed by atoms with Gasteiger partial charge in [0.25, 0.3) is 0 Å². The van der Waals surface area contributed by atoms with Gasteiger partial charge in [0, 0.05) is 36.4 Å². The Morgan fingerprint density at radius 1 is 1.20 bits per heavy atom. The third-order valence-corrected chi connectivity index (χ3v) is 7.10. The van der Waals surface area contributed by atoms with Crippen LogP contribution in [0.5, 0.6) is 0 Å². The van der Waals surface area contributed by atoms with Crippen molar-refractivity contribution in [2.45, 2.75) is 36.5 Å². The Hall–Kier alpha value is -1.90. The summed E-state index contributed by atoms with van der Waals surface area (Å²) in [5.74, 6) is 1.88. The van der Waals surface area contributed by atoms with E-state index in [2.05, 4.69) is 64.8 Å². The summed E-state index contributed by atoms with van der Waals surface area (Å²) in [5, 5.41) is 3.55. The summed E-state index contributed by atoms with van der Waals surface area (Å²) in [4.78, 5) is 12.3. The van der Waals surface area contributed by atoms with Crippen molar-refractivity contribution in [2.75, 3.05) is 42.8 Å². The van der Waals surface area contributed by atoms with E-state index in [1.165, 1.54) is 37.1 Å². The molecule has 2 aliphatic carbocycles. The van der Waals surface area contributed by atoms with Gasteiger partial charge in [0.2, 0.25) is 0 Å². The van der Waals surface area contributed by atoms with Gasteiger partial charge in [-0.1, -0.05) is 12.2 Å². The summed E-state index contributed by atoms with van der Waals surface area (Å²) < 4.78 is 5.71. The Balaban J connectivity index is 0.000000687. The molecule has 3 N–H and O–H groups in total. The molecule has 2 aromatic rings. The molecule has 2 heterocycles. The van der Waals surface area contributed by atoms with Crippen molar-refractivity contribution in [1.82, 2.24) is 9.97 Å². The lowest BCUT2D eigenvalue weighted by molar-refractivity contribution is 0.122. The third kappa shape index (κ3) is 5.04. The first kappa shape index (κ1) is 21.3. The Morgan fingerprint density at radius 3 is 2.43 bits per heavy atom. The quantitative estimate of drug-likeness (QED) is 0.653. The molecular weight excluding hydrogens is 414 g/mol. The first-order chi connectivity index (χ1) is 14.7. The Kier molecular flexibility index (Phi) is 6.75. The molecule has 0 atom stereocenters. The van der Waals surface area contributed by atoms with Crippen molar-refractivity contribution >= 4 is 41.0 Å². The highest BCUT2D eigenvalue weighted by Crippen LogP contribution is 2.55. The van der Waals surface area contributed by atoms with Crippen molar-refractivity contribution in [3.63, 3.8) is 0 Å². The highest BCUT2D eigenvalue weighted by atomic mass is 32.2. The van der Waals surface area contributed by atoms with Gasteiger partial charge in [-0.15, -0.1) is 0 Å². The van der Waals surface area contributed by atoms with Gasteiger partial charge in [0.05, 0.1) is 29.1 Å². The number of rotatable bonds is 6. The first-order valence-corrected chi connectivity index (χ1v) is 12.2. The molecule has 1 aromatic carbocycles. The van der Waals surface area contributed by atoms with E-state index in [9.17, 15) is 0 Å². The molecule has 1 aliphatic heterocycles. The van der Waals surface area contributed by atoms with E-state index in [1.54, 1.807) is 0 Å². The second-order valence-corrected chi connectivity index (χ2v) is 9.33. The van der Waals surface area contributed by atoms with Crippen LogP contribution in [0.3, 0.4) is 0 Å². The molecule has 0 amide bonds. The van der Waals surface area contributed by atoms with Crippen LogP contribution in [0.2, 0.25) is 0 Å². The van der Waals surface area contributed by atoms with E-state index < -0.39 is 0 Å². The molecule has 0 unspecified atom stereocenters. The second-order valence-electron chi connectivity index (χ2n) is 7.86. The fourth-order valence-electron chi connectivity index (χ4n) is 3.61. The van der Waals surface area contributed by atoms with Crippen LogP contribution in [-0.4, -0.2) is 54.1 Å². The molecule has 8 heteroatoms. The first-order valence-electron chi connectivity index (χ1n) is 10.5. The molecule has 6 nitrogen and oxygen atoms in total. The van der Waals surface area contributed by atoms with Gasteiger partial charge in [-0.3, -0.25) is 0 Å². The maximum absolute atomic E-state index is 5.52. The summed E-state index contributed by atoms with van der Waals surface area (Å²) in [7, 11) is 0. The van der Waals surface area contributed by atoms with Crippen molar-refractivity contribution < 1.29 is 4.74 Å². The number of hydrogen-bond acceptors (Lipinski definition) is 7. The smallest absolute Gasteiger partial charge is 0.161 e. The fraction of sp³-hybridized carbons (Fsp3) is 0.500. The number of morpholine rings is 1. The van der Waals surface area contributed by atoms with Gasteiger partial charge < -0.3 is 20.7 Å². The van der Waals surface area contributed by atoms with Crippen molar-refractivity contribution in [2.24, 2.45) is 5.73 Å². The molecule has 0 spiro atoms. The molecule has 3 aliphatic rings. The maximum atomic E-state index is 5.52. The average molecular weight is 444 g/mol. The summed E-state index contributed by atoms with van der Waals surface area (Å²) in [6, 6.07) is 11.5. The van der Waals surface area contributed by atoms with E-state index in [4.69, 9.17) is 14.7 Å². The number of aromatic nitrogens is 2. The van der Waals surface area contributed by atoms with Crippen LogP contribution < -0.4 is 16.0 Å². The van der Waals surface area contributed by atoms with Crippen molar-refractivity contribution in [3.05, 3.63) is 36.0 Å². The lowest BCUT2D eigenvalue weighted by atomic mass is 10.1. The summed E-state index contributed by atoms with van der Waals surface area (Å²) in [5.41, 5.74) is 9.08. The van der Waals surface area contributed by atoms with E-state index >= 15 is 0 Å². The fourth-order valence-corrected chi connectivity index (χ4v) is 4.43. The van der Waals surface area contributed by atoms with Crippen LogP contribution in [0.1, 0.15) is 31.4 Å². The van der Waals surface area contributed by atoms with Crippen LogP contribution >= 0.6 is 24.0 Å². The number of hydrogen-bond donors (Lipinski definition) is 2. The number of anilines is 2. The molecule has 0 radical (unpaired) electrons. The minimum absolute atomic E-state index is 0.187. The summed E-state index contributed by atoms with van der Waals surface area (Å²) in [6.07, 6.45) is 7.18. The van der Waals surface area contributed by atoms with Gasteiger partial charge in [0.15, 0.2) is 5.82 Å². The molecule has 3 fully saturated rings. The number of thiocarbonyl (C=S) groups is 1. The molecule has 160 valence electrons. The number of thioether (sulfide) groups is 1. The van der Waals surface area contributed by atoms with E-state index in [0.29, 0.717) is 6.04 Å². The largest absolute Gasteiger partial charge is 0.396 e. The van der Waals surface area contributed by atoms with E-state index in [0.717, 1.165) is 49.0 Å². The SMILES string of the molecule is CSC1(c2cc(N3CCOCC3)nc(-c3ccc(NC4CC4)cc3)n2)CC1.NC=S. The lowest BCUT2D eigenvalue weighted by Gasteiger charge is -2.29. The van der Waals surface area contributed by atoms with Crippen molar-refractivity contribution in [3.8, 4) is 11.4 Å². The number of nitrogens with two attached hydrogens (primary N) is 1. The average Bonchev–Trinajstić information content (AvgIpc) is 3.71.